The van der Waals surface area contributed by atoms with Crippen LogP contribution in [0.5, 0.6) is 0 Å². The molecular weight excluding hydrogens is 470 g/mol. The third kappa shape index (κ3) is 9.52. The summed E-state index contributed by atoms with van der Waals surface area (Å²) < 4.78 is 17.4. The van der Waals surface area contributed by atoms with Gasteiger partial charge in [0.1, 0.15) is 0 Å². The minimum Gasteiger partial charge on any atom is -0.134 e. The lowest BCUT2D eigenvalue weighted by Gasteiger charge is -2.28. The molecule has 0 fully saturated rings. The maximum atomic E-state index is 8.70. The van der Waals surface area contributed by atoms with E-state index in [0.717, 1.165) is 12.8 Å². The van der Waals surface area contributed by atoms with Crippen LogP contribution in [0.2, 0.25) is 0 Å². The molecule has 0 amide bonds. The smallest absolute Gasteiger partial charge is 0.134 e. The average Bonchev–Trinajstić information content (AvgIpc) is 2.77. The van der Waals surface area contributed by atoms with Gasteiger partial charge in [-0.05, 0) is 57.2 Å². The lowest BCUT2D eigenvalue weighted by Crippen LogP contribution is -2.17. The highest BCUT2D eigenvalue weighted by molar-refractivity contribution is 7.31. The van der Waals surface area contributed by atoms with Gasteiger partial charge in [-0.1, -0.05) is 101 Å². The van der Waals surface area contributed by atoms with Crippen molar-refractivity contribution >= 4 is 16.5 Å². The SMILES string of the molecule is CCc1ccc(CC)c(C(C)(C)C)c1-c1ccc(-c2ccccc2)cc1.O=[P+](O)O.O=[P+](O)O. The molecule has 182 valence electrons. The molecule has 0 spiro atoms. The Morgan fingerprint density at radius 3 is 1.41 bits per heavy atom. The molecule has 0 aliphatic carbocycles. The summed E-state index contributed by atoms with van der Waals surface area (Å²) in [6, 6.07) is 24.4. The number of rotatable bonds is 4. The monoisotopic (exact) mass is 504 g/mol. The molecule has 0 aromatic heterocycles. The first-order valence-electron chi connectivity index (χ1n) is 10.9. The Bertz CT molecular complexity index is 1050. The van der Waals surface area contributed by atoms with Gasteiger partial charge < -0.3 is 0 Å². The molecular formula is C26H34O6P2+2. The van der Waals surface area contributed by atoms with Gasteiger partial charge in [-0.25, -0.2) is 0 Å². The summed E-state index contributed by atoms with van der Waals surface area (Å²) >= 11 is 0. The van der Waals surface area contributed by atoms with Crippen LogP contribution in [0.4, 0.5) is 0 Å². The second kappa shape index (κ2) is 14.2. The fourth-order valence-electron chi connectivity index (χ4n) is 3.92. The van der Waals surface area contributed by atoms with Crippen molar-refractivity contribution in [3.05, 3.63) is 83.4 Å². The van der Waals surface area contributed by atoms with E-state index < -0.39 is 16.5 Å². The van der Waals surface area contributed by atoms with Gasteiger partial charge in [0.15, 0.2) is 0 Å². The second-order valence-corrected chi connectivity index (χ2v) is 9.55. The third-order valence-corrected chi connectivity index (χ3v) is 5.17. The summed E-state index contributed by atoms with van der Waals surface area (Å²) in [5, 5.41) is 0. The maximum absolute atomic E-state index is 8.70. The molecule has 0 unspecified atom stereocenters. The van der Waals surface area contributed by atoms with Crippen molar-refractivity contribution in [2.75, 3.05) is 0 Å². The Hall–Kier alpha value is -2.30. The Morgan fingerprint density at radius 2 is 1.00 bits per heavy atom. The van der Waals surface area contributed by atoms with Gasteiger partial charge >= 0.3 is 16.5 Å². The normalized spacial score (nSPS) is 10.4. The highest BCUT2D eigenvalue weighted by Gasteiger charge is 2.24. The van der Waals surface area contributed by atoms with Crippen LogP contribution in [0.25, 0.3) is 22.3 Å². The molecule has 0 radical (unpaired) electrons. The lowest BCUT2D eigenvalue weighted by molar-refractivity contribution is 0.403. The van der Waals surface area contributed by atoms with Gasteiger partial charge in [0.05, 0.1) is 0 Å². The number of aryl methyl sites for hydroxylation is 2. The fraction of sp³-hybridized carbons (Fsp3) is 0.308. The molecule has 0 atom stereocenters. The molecule has 0 aliphatic heterocycles. The lowest BCUT2D eigenvalue weighted by atomic mass is 9.76. The van der Waals surface area contributed by atoms with E-state index in [-0.39, 0.29) is 5.41 Å². The second-order valence-electron chi connectivity index (χ2n) is 8.54. The summed E-state index contributed by atoms with van der Waals surface area (Å²) in [5.41, 5.74) is 9.87. The van der Waals surface area contributed by atoms with Crippen LogP contribution < -0.4 is 0 Å². The topological polar surface area (TPSA) is 115 Å². The minimum atomic E-state index is -2.87. The zero-order valence-corrected chi connectivity index (χ0v) is 22.1. The first-order valence-corrected chi connectivity index (χ1v) is 13.3. The molecule has 3 aromatic carbocycles. The van der Waals surface area contributed by atoms with Gasteiger partial charge in [-0.3, -0.25) is 0 Å². The third-order valence-electron chi connectivity index (χ3n) is 5.17. The Balaban J connectivity index is 0.000000629. The standard InChI is InChI=1S/C26H30.2HO3P/c1-6-19-13-14-20(7-2)25(26(3,4)5)24(19)23-17-15-22(16-18-23)21-11-9-8-10-12-21;2*1-4(2)3/h8-18H,6-7H2,1-5H3;2*(H-,1,2,3)/p+2. The molecule has 0 aliphatic rings. The highest BCUT2D eigenvalue weighted by Crippen LogP contribution is 2.39. The fourth-order valence-corrected chi connectivity index (χ4v) is 3.92. The van der Waals surface area contributed by atoms with Gasteiger partial charge in [-0.2, -0.15) is 0 Å². The first kappa shape index (κ1) is 29.7. The molecule has 6 nitrogen and oxygen atoms in total. The molecule has 0 saturated carbocycles. The van der Waals surface area contributed by atoms with E-state index in [9.17, 15) is 0 Å². The number of hydrogen-bond donors (Lipinski definition) is 4. The predicted octanol–water partition coefficient (Wildman–Crippen LogP) is 6.70. The first-order chi connectivity index (χ1) is 15.9. The molecule has 3 rings (SSSR count). The summed E-state index contributed by atoms with van der Waals surface area (Å²) in [4.78, 5) is 28.5. The summed E-state index contributed by atoms with van der Waals surface area (Å²) in [6.45, 7) is 11.5. The molecule has 0 bridgehead atoms. The Labute approximate surface area is 203 Å². The summed E-state index contributed by atoms with van der Waals surface area (Å²) in [6.07, 6.45) is 2.13. The van der Waals surface area contributed by atoms with Crippen LogP contribution in [-0.2, 0) is 27.4 Å². The van der Waals surface area contributed by atoms with Crippen molar-refractivity contribution in [3.8, 4) is 22.3 Å². The Morgan fingerprint density at radius 1 is 0.618 bits per heavy atom. The zero-order chi connectivity index (χ0) is 25.9. The van der Waals surface area contributed by atoms with Gasteiger partial charge in [0, 0.05) is 9.13 Å². The molecule has 4 N–H and O–H groups in total. The van der Waals surface area contributed by atoms with Crippen molar-refractivity contribution in [2.24, 2.45) is 0 Å². The van der Waals surface area contributed by atoms with Crippen LogP contribution in [0, 0.1) is 0 Å². The van der Waals surface area contributed by atoms with Crippen molar-refractivity contribution in [2.45, 2.75) is 52.9 Å². The van der Waals surface area contributed by atoms with E-state index in [1.54, 1.807) is 0 Å². The van der Waals surface area contributed by atoms with Gasteiger partial charge in [-0.15, -0.1) is 19.6 Å². The quantitative estimate of drug-likeness (QED) is 0.294. The summed E-state index contributed by atoms with van der Waals surface area (Å²) in [7, 11) is -5.74. The maximum Gasteiger partial charge on any atom is 0.692 e. The average molecular weight is 505 g/mol. The van der Waals surface area contributed by atoms with E-state index in [1.807, 2.05) is 0 Å². The van der Waals surface area contributed by atoms with Crippen molar-refractivity contribution < 1.29 is 28.7 Å². The van der Waals surface area contributed by atoms with Crippen molar-refractivity contribution in [1.82, 2.24) is 0 Å². The predicted molar refractivity (Wildman–Crippen MR) is 139 cm³/mol. The van der Waals surface area contributed by atoms with E-state index in [1.165, 1.54) is 38.9 Å². The number of benzene rings is 3. The van der Waals surface area contributed by atoms with Crippen LogP contribution in [0.15, 0.2) is 66.7 Å². The molecule has 8 heteroatoms. The van der Waals surface area contributed by atoms with Crippen molar-refractivity contribution in [1.29, 1.82) is 0 Å². The highest BCUT2D eigenvalue weighted by atomic mass is 31.1. The molecule has 0 saturated heterocycles. The number of hydrogen-bond acceptors (Lipinski definition) is 2. The van der Waals surface area contributed by atoms with E-state index >= 15 is 0 Å². The van der Waals surface area contributed by atoms with Crippen molar-refractivity contribution in [3.63, 3.8) is 0 Å². The van der Waals surface area contributed by atoms with Crippen LogP contribution in [0.3, 0.4) is 0 Å². The van der Waals surface area contributed by atoms with E-state index in [4.69, 9.17) is 28.7 Å². The minimum absolute atomic E-state index is 0.129. The van der Waals surface area contributed by atoms with Gasteiger partial charge in [0.25, 0.3) is 0 Å². The van der Waals surface area contributed by atoms with E-state index in [0.29, 0.717) is 0 Å². The zero-order valence-electron chi connectivity index (χ0n) is 20.3. The molecule has 34 heavy (non-hydrogen) atoms. The molecule has 3 aromatic rings. The van der Waals surface area contributed by atoms with Crippen LogP contribution in [0.1, 0.15) is 51.3 Å². The van der Waals surface area contributed by atoms with Crippen LogP contribution >= 0.6 is 16.5 Å². The van der Waals surface area contributed by atoms with E-state index in [2.05, 4.69) is 101 Å². The molecule has 0 heterocycles. The van der Waals surface area contributed by atoms with Gasteiger partial charge in [0.2, 0.25) is 0 Å². The largest absolute Gasteiger partial charge is 0.692 e. The Kier molecular flexibility index (Phi) is 12.4. The summed E-state index contributed by atoms with van der Waals surface area (Å²) in [5.74, 6) is 0. The van der Waals surface area contributed by atoms with Crippen LogP contribution in [-0.4, -0.2) is 19.6 Å².